The van der Waals surface area contributed by atoms with Crippen LogP contribution in [0.3, 0.4) is 0 Å². The van der Waals surface area contributed by atoms with Crippen LogP contribution >= 0.6 is 0 Å². The molecule has 19 unspecified atom stereocenters. The average Bonchev–Trinajstić information content (AvgIpc) is 3.42. The molecular formula is C33H54O11. The molecule has 1 spiro atoms. The summed E-state index contributed by atoms with van der Waals surface area (Å²) in [7, 11) is 0. The average molecular weight is 627 g/mol. The van der Waals surface area contributed by atoms with Crippen molar-refractivity contribution in [2.45, 2.75) is 146 Å². The molecule has 0 aromatic heterocycles. The van der Waals surface area contributed by atoms with Gasteiger partial charge in [0.1, 0.15) is 24.4 Å². The van der Waals surface area contributed by atoms with Gasteiger partial charge in [0, 0.05) is 24.2 Å². The maximum atomic E-state index is 12.2. The summed E-state index contributed by atoms with van der Waals surface area (Å²) in [4.78, 5) is 0. The Hall–Kier alpha value is -0.440. The molecule has 7 fully saturated rings. The number of aliphatic hydroxyl groups excluding tert-OH is 6. The zero-order valence-electron chi connectivity index (χ0n) is 26.5. The highest BCUT2D eigenvalue weighted by Gasteiger charge is 2.72. The Kier molecular flexibility index (Phi) is 7.87. The molecule has 7 rings (SSSR count). The molecule has 4 saturated carbocycles. The van der Waals surface area contributed by atoms with E-state index in [0.717, 1.165) is 38.7 Å². The number of hydrogen-bond donors (Lipinski definition) is 7. The molecule has 0 aromatic carbocycles. The van der Waals surface area contributed by atoms with E-state index in [4.69, 9.17) is 18.9 Å². The molecule has 0 amide bonds. The first-order valence-electron chi connectivity index (χ1n) is 17.1. The SMILES string of the molecule is CC1CCC2(OC1)OC1CC3C4CC(O)C5(O)CC(O)C(OC6OC(CO)C(O)C(O)C6O)CC5(C)C4CCC3(C)C1C2C. The Bertz CT molecular complexity index is 1080. The van der Waals surface area contributed by atoms with Crippen LogP contribution in [0.1, 0.15) is 79.1 Å². The maximum absolute atomic E-state index is 12.2. The van der Waals surface area contributed by atoms with Gasteiger partial charge in [0.25, 0.3) is 0 Å². The molecule has 3 aliphatic heterocycles. The molecule has 3 heterocycles. The van der Waals surface area contributed by atoms with E-state index in [0.29, 0.717) is 24.2 Å². The van der Waals surface area contributed by atoms with Crippen LogP contribution in [-0.4, -0.2) is 115 Å². The van der Waals surface area contributed by atoms with Gasteiger partial charge in [0.05, 0.1) is 43.2 Å². The van der Waals surface area contributed by atoms with Gasteiger partial charge in [-0.15, -0.1) is 0 Å². The van der Waals surface area contributed by atoms with Crippen molar-refractivity contribution in [3.05, 3.63) is 0 Å². The number of aliphatic hydroxyl groups is 7. The van der Waals surface area contributed by atoms with Crippen molar-refractivity contribution in [1.29, 1.82) is 0 Å². The second kappa shape index (κ2) is 10.8. The summed E-state index contributed by atoms with van der Waals surface area (Å²) in [6.07, 6.45) is -4.77. The lowest BCUT2D eigenvalue weighted by Crippen LogP contribution is -2.71. The van der Waals surface area contributed by atoms with Gasteiger partial charge in [-0.1, -0.05) is 27.7 Å². The molecule has 7 N–H and O–H groups in total. The summed E-state index contributed by atoms with van der Waals surface area (Å²) in [5, 5.41) is 75.7. The maximum Gasteiger partial charge on any atom is 0.187 e. The first-order valence-corrected chi connectivity index (χ1v) is 17.1. The van der Waals surface area contributed by atoms with Crippen LogP contribution in [0.15, 0.2) is 0 Å². The molecule has 44 heavy (non-hydrogen) atoms. The van der Waals surface area contributed by atoms with Gasteiger partial charge in [0.15, 0.2) is 12.1 Å². The fourth-order valence-electron chi connectivity index (χ4n) is 11.8. The van der Waals surface area contributed by atoms with Crippen LogP contribution in [0.25, 0.3) is 0 Å². The van der Waals surface area contributed by atoms with Crippen molar-refractivity contribution < 1.29 is 54.7 Å². The van der Waals surface area contributed by atoms with E-state index >= 15 is 0 Å². The number of ether oxygens (including phenoxy) is 4. The highest BCUT2D eigenvalue weighted by atomic mass is 16.7. The second-order valence-corrected chi connectivity index (χ2v) is 16.3. The smallest absolute Gasteiger partial charge is 0.187 e. The lowest BCUT2D eigenvalue weighted by Gasteiger charge is -2.66. The second-order valence-electron chi connectivity index (χ2n) is 16.3. The Morgan fingerprint density at radius 1 is 0.886 bits per heavy atom. The highest BCUT2D eigenvalue weighted by Crippen LogP contribution is 2.72. The molecule has 3 saturated heterocycles. The lowest BCUT2D eigenvalue weighted by atomic mass is 9.42. The predicted molar refractivity (Wildman–Crippen MR) is 155 cm³/mol. The van der Waals surface area contributed by atoms with Crippen molar-refractivity contribution in [2.75, 3.05) is 13.2 Å². The lowest BCUT2D eigenvalue weighted by molar-refractivity contribution is -0.339. The van der Waals surface area contributed by atoms with Gasteiger partial charge in [-0.05, 0) is 73.5 Å². The van der Waals surface area contributed by atoms with Crippen molar-refractivity contribution >= 4 is 0 Å². The minimum Gasteiger partial charge on any atom is -0.394 e. The summed E-state index contributed by atoms with van der Waals surface area (Å²) in [6, 6.07) is 0. The Balaban J connectivity index is 1.13. The molecular weight excluding hydrogens is 572 g/mol. The van der Waals surface area contributed by atoms with Crippen molar-refractivity contribution in [1.82, 2.24) is 0 Å². The number of rotatable bonds is 3. The monoisotopic (exact) mass is 626 g/mol. The van der Waals surface area contributed by atoms with Crippen LogP contribution < -0.4 is 0 Å². The third-order valence-corrected chi connectivity index (χ3v) is 14.3. The summed E-state index contributed by atoms with van der Waals surface area (Å²) < 4.78 is 25.0. The molecule has 11 nitrogen and oxygen atoms in total. The normalized spacial score (nSPS) is 62.1. The van der Waals surface area contributed by atoms with E-state index in [2.05, 4.69) is 20.8 Å². The van der Waals surface area contributed by atoms with E-state index in [1.807, 2.05) is 6.92 Å². The van der Waals surface area contributed by atoms with Crippen LogP contribution in [0, 0.1) is 46.3 Å². The molecule has 0 radical (unpaired) electrons. The zero-order chi connectivity index (χ0) is 31.6. The molecule has 4 aliphatic carbocycles. The predicted octanol–water partition coefficient (Wildman–Crippen LogP) is 0.675. The van der Waals surface area contributed by atoms with Crippen molar-refractivity contribution in [2.24, 2.45) is 46.3 Å². The summed E-state index contributed by atoms with van der Waals surface area (Å²) in [5.41, 5.74) is -2.30. The molecule has 0 bridgehead atoms. The summed E-state index contributed by atoms with van der Waals surface area (Å²) >= 11 is 0. The summed E-state index contributed by atoms with van der Waals surface area (Å²) in [6.45, 7) is 9.10. The third-order valence-electron chi connectivity index (χ3n) is 14.3. The van der Waals surface area contributed by atoms with Gasteiger partial charge < -0.3 is 54.7 Å². The fourth-order valence-corrected chi connectivity index (χ4v) is 11.8. The first kappa shape index (κ1) is 32.1. The quantitative estimate of drug-likeness (QED) is 0.219. The number of hydrogen-bond acceptors (Lipinski definition) is 11. The Morgan fingerprint density at radius 3 is 2.32 bits per heavy atom. The minimum atomic E-state index is -1.59. The first-order chi connectivity index (χ1) is 20.7. The topological polar surface area (TPSA) is 179 Å². The molecule has 19 atom stereocenters. The Morgan fingerprint density at radius 2 is 1.64 bits per heavy atom. The minimum absolute atomic E-state index is 0.0210. The van der Waals surface area contributed by atoms with Gasteiger partial charge in [-0.2, -0.15) is 0 Å². The highest BCUT2D eigenvalue weighted by molar-refractivity contribution is 5.20. The molecule has 7 aliphatic rings. The molecule has 0 aromatic rings. The van der Waals surface area contributed by atoms with Crippen molar-refractivity contribution in [3.8, 4) is 0 Å². The molecule has 11 heteroatoms. The van der Waals surface area contributed by atoms with Gasteiger partial charge in [-0.3, -0.25) is 0 Å². The van der Waals surface area contributed by atoms with Crippen LogP contribution in [0.2, 0.25) is 0 Å². The van der Waals surface area contributed by atoms with Gasteiger partial charge in [0.2, 0.25) is 0 Å². The number of fused-ring (bicyclic) bond motifs is 7. The van der Waals surface area contributed by atoms with E-state index in [1.165, 1.54) is 0 Å². The van der Waals surface area contributed by atoms with Gasteiger partial charge in [-0.25, -0.2) is 0 Å². The van der Waals surface area contributed by atoms with E-state index in [9.17, 15) is 35.7 Å². The van der Waals surface area contributed by atoms with Crippen LogP contribution in [-0.2, 0) is 18.9 Å². The van der Waals surface area contributed by atoms with E-state index < -0.39 is 72.4 Å². The van der Waals surface area contributed by atoms with E-state index in [-0.39, 0.29) is 42.1 Å². The van der Waals surface area contributed by atoms with Crippen LogP contribution in [0.5, 0.6) is 0 Å². The molecule has 252 valence electrons. The zero-order valence-corrected chi connectivity index (χ0v) is 26.5. The third kappa shape index (κ3) is 4.34. The van der Waals surface area contributed by atoms with Gasteiger partial charge >= 0.3 is 0 Å². The van der Waals surface area contributed by atoms with Crippen LogP contribution in [0.4, 0.5) is 0 Å². The fraction of sp³-hybridized carbons (Fsp3) is 1.00. The summed E-state index contributed by atoms with van der Waals surface area (Å²) in [5.74, 6) is 1.21. The van der Waals surface area contributed by atoms with Crippen molar-refractivity contribution in [3.63, 3.8) is 0 Å². The largest absolute Gasteiger partial charge is 0.394 e. The standard InChI is InChI=1S/C33H54O11/c1-15-5-8-33(41-14-15)16(2)25-21(44-33)10-19-17-9-24(36)32(40)11-20(35)22(12-31(32,4)18(17)6-7-30(19,25)3)42-29-28(39)27(38)26(37)23(13-34)43-29/h15-29,34-40H,5-14H2,1-4H3. The van der Waals surface area contributed by atoms with E-state index in [1.54, 1.807) is 0 Å². The Labute approximate surface area is 259 Å².